The summed E-state index contributed by atoms with van der Waals surface area (Å²) in [6.07, 6.45) is 6.64. The molecule has 0 radical (unpaired) electrons. The number of anilines is 2. The second-order valence-electron chi connectivity index (χ2n) is 8.86. The van der Waals surface area contributed by atoms with Crippen molar-refractivity contribution in [2.45, 2.75) is 32.6 Å². The van der Waals surface area contributed by atoms with Gasteiger partial charge in [0.05, 0.1) is 0 Å². The van der Waals surface area contributed by atoms with E-state index in [4.69, 9.17) is 15.9 Å². The Hall–Kier alpha value is -4.00. The van der Waals surface area contributed by atoms with E-state index < -0.39 is 0 Å². The maximum Gasteiger partial charge on any atom is 0.313 e. The van der Waals surface area contributed by atoms with Crippen molar-refractivity contribution < 1.29 is 4.42 Å². The molecule has 0 aliphatic heterocycles. The van der Waals surface area contributed by atoms with Crippen molar-refractivity contribution in [2.75, 3.05) is 11.5 Å². The third kappa shape index (κ3) is 3.46. The molecule has 0 saturated heterocycles. The van der Waals surface area contributed by atoms with Gasteiger partial charge in [0.25, 0.3) is 0 Å². The Morgan fingerprint density at radius 1 is 0.909 bits per heavy atom. The predicted molar refractivity (Wildman–Crippen MR) is 130 cm³/mol. The van der Waals surface area contributed by atoms with E-state index in [0.717, 1.165) is 23.1 Å². The summed E-state index contributed by atoms with van der Waals surface area (Å²) in [7, 11) is 0. The fourth-order valence-corrected chi connectivity index (χ4v) is 4.70. The number of hydrogen-bond acceptors (Lipinski definition) is 7. The number of nitrogen functional groups attached to an aromatic ring is 2. The number of aromatic nitrogens is 4. The second kappa shape index (κ2) is 7.85. The lowest BCUT2D eigenvalue weighted by Gasteiger charge is -2.37. The van der Waals surface area contributed by atoms with E-state index in [0.29, 0.717) is 11.8 Å². The molecule has 2 aromatic carbocycles. The Balaban J connectivity index is 1.55. The van der Waals surface area contributed by atoms with Gasteiger partial charge >= 0.3 is 6.01 Å². The van der Waals surface area contributed by atoms with Crippen molar-refractivity contribution in [1.82, 2.24) is 20.2 Å². The van der Waals surface area contributed by atoms with E-state index in [-0.39, 0.29) is 17.4 Å². The second-order valence-corrected chi connectivity index (χ2v) is 8.86. The molecular formula is C26H26N6O. The lowest BCUT2D eigenvalue weighted by molar-refractivity contribution is 0.435. The summed E-state index contributed by atoms with van der Waals surface area (Å²) in [6.45, 7) is 6.85. The zero-order valence-corrected chi connectivity index (χ0v) is 18.9. The van der Waals surface area contributed by atoms with E-state index in [2.05, 4.69) is 77.3 Å². The molecule has 33 heavy (non-hydrogen) atoms. The highest BCUT2D eigenvalue weighted by Gasteiger charge is 2.38. The maximum atomic E-state index is 5.67. The fraction of sp³-hybridized carbons (Fsp3) is 0.231. The standard InChI is InChI=1S/C26H26N6O/c1-15(2)26(3,18-9-7-16(8-10-18)17-13-29-24(27)30-14-17)22-12-11-19-20(22)5-4-6-21(19)23-31-32-25(28)33-23/h4-10,12-15H,11H2,1-3H3,(H2,28,32)(H2,27,29,30). The Morgan fingerprint density at radius 3 is 2.24 bits per heavy atom. The number of hydrogen-bond donors (Lipinski definition) is 2. The summed E-state index contributed by atoms with van der Waals surface area (Å²) in [5.41, 5.74) is 19.0. The summed E-state index contributed by atoms with van der Waals surface area (Å²) < 4.78 is 5.52. The molecule has 4 aromatic rings. The molecule has 0 spiro atoms. The molecule has 4 N–H and O–H groups in total. The number of allylic oxidation sites excluding steroid dienone is 2. The smallest absolute Gasteiger partial charge is 0.313 e. The number of benzene rings is 2. The van der Waals surface area contributed by atoms with Crippen LogP contribution in [0, 0.1) is 5.92 Å². The highest BCUT2D eigenvalue weighted by molar-refractivity contribution is 5.85. The average Bonchev–Trinajstić information content (AvgIpc) is 3.45. The monoisotopic (exact) mass is 438 g/mol. The quantitative estimate of drug-likeness (QED) is 0.454. The predicted octanol–water partition coefficient (Wildman–Crippen LogP) is 4.91. The van der Waals surface area contributed by atoms with Crippen LogP contribution in [0.1, 0.15) is 37.5 Å². The molecule has 2 heterocycles. The van der Waals surface area contributed by atoms with Crippen LogP contribution in [0.5, 0.6) is 0 Å². The minimum Gasteiger partial charge on any atom is -0.404 e. The van der Waals surface area contributed by atoms with Crippen LogP contribution in [0.2, 0.25) is 0 Å². The summed E-state index contributed by atoms with van der Waals surface area (Å²) in [6, 6.07) is 15.0. The molecular weight excluding hydrogens is 412 g/mol. The molecule has 0 fully saturated rings. The first-order chi connectivity index (χ1) is 15.9. The van der Waals surface area contributed by atoms with Gasteiger partial charge in [0.1, 0.15) is 0 Å². The first-order valence-electron chi connectivity index (χ1n) is 11.0. The van der Waals surface area contributed by atoms with E-state index >= 15 is 0 Å². The highest BCUT2D eigenvalue weighted by Crippen LogP contribution is 2.49. The summed E-state index contributed by atoms with van der Waals surface area (Å²) in [5, 5.41) is 7.93. The van der Waals surface area contributed by atoms with Gasteiger partial charge in [-0.15, -0.1) is 5.10 Å². The van der Waals surface area contributed by atoms with Crippen LogP contribution in [-0.4, -0.2) is 20.2 Å². The first-order valence-corrected chi connectivity index (χ1v) is 11.0. The van der Waals surface area contributed by atoms with Gasteiger partial charge < -0.3 is 15.9 Å². The summed E-state index contributed by atoms with van der Waals surface area (Å²) in [5.74, 6) is 1.10. The molecule has 5 rings (SSSR count). The van der Waals surface area contributed by atoms with Gasteiger partial charge in [-0.25, -0.2) is 9.97 Å². The largest absolute Gasteiger partial charge is 0.404 e. The van der Waals surface area contributed by atoms with Crippen LogP contribution in [-0.2, 0) is 11.8 Å². The fourth-order valence-electron chi connectivity index (χ4n) is 4.70. The molecule has 7 nitrogen and oxygen atoms in total. The molecule has 1 aliphatic carbocycles. The highest BCUT2D eigenvalue weighted by atomic mass is 16.4. The third-order valence-electron chi connectivity index (χ3n) is 6.85. The Bertz CT molecular complexity index is 1340. The Kier molecular flexibility index (Phi) is 4.96. The minimum atomic E-state index is -0.187. The van der Waals surface area contributed by atoms with Crippen LogP contribution >= 0.6 is 0 Å². The maximum absolute atomic E-state index is 5.67. The molecule has 7 heteroatoms. The van der Waals surface area contributed by atoms with Crippen molar-refractivity contribution in [3.05, 3.63) is 77.6 Å². The van der Waals surface area contributed by atoms with Gasteiger partial charge in [0.15, 0.2) is 0 Å². The van der Waals surface area contributed by atoms with E-state index in [9.17, 15) is 0 Å². The Morgan fingerprint density at radius 2 is 1.61 bits per heavy atom. The van der Waals surface area contributed by atoms with Crippen LogP contribution in [0.15, 0.2) is 65.4 Å². The van der Waals surface area contributed by atoms with Gasteiger partial charge in [-0.2, -0.15) is 0 Å². The van der Waals surface area contributed by atoms with Crippen molar-refractivity contribution in [1.29, 1.82) is 0 Å². The molecule has 0 amide bonds. The van der Waals surface area contributed by atoms with Crippen LogP contribution in [0.25, 0.3) is 28.2 Å². The number of nitrogens with two attached hydrogens (primary N) is 2. The molecule has 1 unspecified atom stereocenters. The van der Waals surface area contributed by atoms with E-state index in [1.54, 1.807) is 12.4 Å². The van der Waals surface area contributed by atoms with Gasteiger partial charge in [0, 0.05) is 28.9 Å². The average molecular weight is 439 g/mol. The molecule has 166 valence electrons. The zero-order chi connectivity index (χ0) is 23.2. The van der Waals surface area contributed by atoms with Gasteiger partial charge in [0.2, 0.25) is 11.8 Å². The van der Waals surface area contributed by atoms with Crippen LogP contribution in [0.3, 0.4) is 0 Å². The van der Waals surface area contributed by atoms with Gasteiger partial charge in [-0.3, -0.25) is 0 Å². The van der Waals surface area contributed by atoms with Crippen molar-refractivity contribution in [3.8, 4) is 22.6 Å². The normalized spacial score (nSPS) is 14.7. The molecule has 1 atom stereocenters. The first kappa shape index (κ1) is 20.9. The van der Waals surface area contributed by atoms with Crippen molar-refractivity contribution >= 4 is 17.5 Å². The van der Waals surface area contributed by atoms with Crippen molar-refractivity contribution in [2.24, 2.45) is 5.92 Å². The van der Waals surface area contributed by atoms with Crippen molar-refractivity contribution in [3.63, 3.8) is 0 Å². The SMILES string of the molecule is CC(C)C(C)(C1=CCc2c1cccc2-c1nnc(N)o1)c1ccc(-c2cnc(N)nc2)cc1. The number of rotatable bonds is 5. The summed E-state index contributed by atoms with van der Waals surface area (Å²) >= 11 is 0. The molecule has 0 saturated carbocycles. The van der Waals surface area contributed by atoms with E-state index in [1.807, 2.05) is 12.1 Å². The topological polar surface area (TPSA) is 117 Å². The minimum absolute atomic E-state index is 0.0763. The van der Waals surface area contributed by atoms with Gasteiger partial charge in [-0.1, -0.05) is 68.3 Å². The lowest BCUT2D eigenvalue weighted by Crippen LogP contribution is -2.30. The number of fused-ring (bicyclic) bond motifs is 1. The third-order valence-corrected chi connectivity index (χ3v) is 6.85. The zero-order valence-electron chi connectivity index (χ0n) is 18.9. The summed E-state index contributed by atoms with van der Waals surface area (Å²) in [4.78, 5) is 8.22. The van der Waals surface area contributed by atoms with Crippen LogP contribution in [0.4, 0.5) is 12.0 Å². The molecule has 1 aliphatic rings. The number of nitrogens with zero attached hydrogens (tertiary/aromatic N) is 4. The van der Waals surface area contributed by atoms with E-state index in [1.165, 1.54) is 22.3 Å². The Labute approximate surface area is 192 Å². The molecule has 2 aromatic heterocycles. The lowest BCUT2D eigenvalue weighted by atomic mass is 9.66. The molecule has 0 bridgehead atoms. The van der Waals surface area contributed by atoms with Crippen LogP contribution < -0.4 is 11.5 Å². The van der Waals surface area contributed by atoms with Gasteiger partial charge in [-0.05, 0) is 46.2 Å².